The van der Waals surface area contributed by atoms with Crippen LogP contribution in [0.5, 0.6) is 0 Å². The fourth-order valence-corrected chi connectivity index (χ4v) is 4.52. The van der Waals surface area contributed by atoms with Gasteiger partial charge in [0.25, 0.3) is 0 Å². The molecule has 2 atom stereocenters. The first kappa shape index (κ1) is 24.2. The first-order chi connectivity index (χ1) is 13.5. The van der Waals surface area contributed by atoms with Crippen LogP contribution in [0.15, 0.2) is 33.7 Å². The summed E-state index contributed by atoms with van der Waals surface area (Å²) in [7, 11) is 1.82. The lowest BCUT2D eigenvalue weighted by Crippen LogP contribution is -2.48. The monoisotopic (exact) mass is 532 g/mol. The van der Waals surface area contributed by atoms with E-state index in [0.29, 0.717) is 6.04 Å². The zero-order valence-corrected chi connectivity index (χ0v) is 20.9. The van der Waals surface area contributed by atoms with Gasteiger partial charge < -0.3 is 19.8 Å². The third kappa shape index (κ3) is 7.27. The summed E-state index contributed by atoms with van der Waals surface area (Å²) in [5, 5.41) is 7.01. The second kappa shape index (κ2) is 11.9. The van der Waals surface area contributed by atoms with E-state index in [-0.39, 0.29) is 30.0 Å². The number of hydrogen-bond donors (Lipinski definition) is 2. The van der Waals surface area contributed by atoms with E-state index in [2.05, 4.69) is 52.6 Å². The van der Waals surface area contributed by atoms with E-state index in [1.54, 1.807) is 0 Å². The van der Waals surface area contributed by atoms with Gasteiger partial charge in [0, 0.05) is 48.9 Å². The zero-order valence-electron chi connectivity index (χ0n) is 17.7. The van der Waals surface area contributed by atoms with Crippen molar-refractivity contribution >= 4 is 41.3 Å². The smallest absolute Gasteiger partial charge is 0.191 e. The minimum absolute atomic E-state index is 0. The quantitative estimate of drug-likeness (QED) is 0.323. The van der Waals surface area contributed by atoms with Gasteiger partial charge in [-0.05, 0) is 45.0 Å². The SMILES string of the molecule is CN=C(NCC(c1ccc(C)o1)N1CCOCC1)NC(C)Cc1ccc(C)s1.I. The summed E-state index contributed by atoms with van der Waals surface area (Å²) in [4.78, 5) is 9.58. The van der Waals surface area contributed by atoms with Gasteiger partial charge in [0.1, 0.15) is 11.5 Å². The van der Waals surface area contributed by atoms with Gasteiger partial charge in [-0.1, -0.05) is 0 Å². The molecule has 2 aromatic heterocycles. The molecule has 2 unspecified atom stereocenters. The van der Waals surface area contributed by atoms with Gasteiger partial charge >= 0.3 is 0 Å². The zero-order chi connectivity index (χ0) is 19.9. The second-order valence-electron chi connectivity index (χ2n) is 7.33. The maximum absolute atomic E-state index is 5.95. The maximum Gasteiger partial charge on any atom is 0.191 e. The third-order valence-corrected chi connectivity index (χ3v) is 5.97. The lowest BCUT2D eigenvalue weighted by Gasteiger charge is -2.33. The maximum atomic E-state index is 5.95. The highest BCUT2D eigenvalue weighted by Crippen LogP contribution is 2.23. The van der Waals surface area contributed by atoms with Crippen LogP contribution < -0.4 is 10.6 Å². The van der Waals surface area contributed by atoms with Crippen molar-refractivity contribution in [1.82, 2.24) is 15.5 Å². The van der Waals surface area contributed by atoms with Gasteiger partial charge in [-0.15, -0.1) is 35.3 Å². The van der Waals surface area contributed by atoms with E-state index in [4.69, 9.17) is 9.15 Å². The van der Waals surface area contributed by atoms with Gasteiger partial charge in [-0.3, -0.25) is 9.89 Å². The van der Waals surface area contributed by atoms with Crippen molar-refractivity contribution in [3.05, 3.63) is 45.5 Å². The Kier molecular flexibility index (Phi) is 9.94. The van der Waals surface area contributed by atoms with E-state index in [1.165, 1.54) is 9.75 Å². The van der Waals surface area contributed by atoms with Crippen LogP contribution in [0.3, 0.4) is 0 Å². The molecule has 1 saturated heterocycles. The van der Waals surface area contributed by atoms with Crippen molar-refractivity contribution in [3.8, 4) is 0 Å². The molecular formula is C21H33IN4O2S. The molecule has 2 aromatic rings. The summed E-state index contributed by atoms with van der Waals surface area (Å²) in [6, 6.07) is 8.96. The summed E-state index contributed by atoms with van der Waals surface area (Å²) in [5.41, 5.74) is 0. The molecule has 0 amide bonds. The number of thiophene rings is 1. The number of ether oxygens (including phenoxy) is 1. The molecule has 1 aliphatic rings. The first-order valence-corrected chi connectivity index (χ1v) is 10.8. The number of morpholine rings is 1. The first-order valence-electron chi connectivity index (χ1n) is 9.95. The van der Waals surface area contributed by atoms with Crippen molar-refractivity contribution in [2.75, 3.05) is 39.9 Å². The molecule has 1 fully saturated rings. The summed E-state index contributed by atoms with van der Waals surface area (Å²) in [6.45, 7) is 10.4. The Morgan fingerprint density at radius 3 is 2.55 bits per heavy atom. The van der Waals surface area contributed by atoms with Gasteiger partial charge in [0.05, 0.1) is 19.3 Å². The Hall–Kier alpha value is -1.10. The Morgan fingerprint density at radius 2 is 1.97 bits per heavy atom. The number of hydrogen-bond acceptors (Lipinski definition) is 5. The molecule has 0 aliphatic carbocycles. The van der Waals surface area contributed by atoms with Crippen LogP contribution in [0.1, 0.15) is 34.2 Å². The van der Waals surface area contributed by atoms with Crippen LogP contribution in [0.2, 0.25) is 0 Å². The highest BCUT2D eigenvalue weighted by molar-refractivity contribution is 14.0. The number of aliphatic imine (C=N–C) groups is 1. The average molecular weight is 532 g/mol. The van der Waals surface area contributed by atoms with Crippen LogP contribution in [-0.4, -0.2) is 56.8 Å². The van der Waals surface area contributed by atoms with Crippen LogP contribution in [0.4, 0.5) is 0 Å². The standard InChI is InChI=1S/C21H32N4O2S.HI/c1-15(13-18-7-6-17(3)28-18)24-21(22-4)23-14-19(20-8-5-16(2)27-20)25-9-11-26-12-10-25;/h5-8,15,19H,9-14H2,1-4H3,(H2,22,23,24);1H. The average Bonchev–Trinajstić information content (AvgIpc) is 3.30. The fourth-order valence-electron chi connectivity index (χ4n) is 3.50. The third-order valence-electron chi connectivity index (χ3n) is 4.95. The molecule has 8 heteroatoms. The normalized spacial score (nSPS) is 17.4. The molecule has 29 heavy (non-hydrogen) atoms. The van der Waals surface area contributed by atoms with E-state index in [0.717, 1.165) is 56.7 Å². The predicted octanol–water partition coefficient (Wildman–Crippen LogP) is 3.75. The van der Waals surface area contributed by atoms with Gasteiger partial charge in [0.2, 0.25) is 0 Å². The Morgan fingerprint density at radius 1 is 1.21 bits per heavy atom. The summed E-state index contributed by atoms with van der Waals surface area (Å²) in [6.07, 6.45) is 0.990. The van der Waals surface area contributed by atoms with Crippen LogP contribution in [0, 0.1) is 13.8 Å². The van der Waals surface area contributed by atoms with Gasteiger partial charge in [-0.2, -0.15) is 0 Å². The molecular weight excluding hydrogens is 499 g/mol. The van der Waals surface area contributed by atoms with Gasteiger partial charge in [-0.25, -0.2) is 0 Å². The van der Waals surface area contributed by atoms with Crippen molar-refractivity contribution in [2.45, 2.75) is 39.3 Å². The lowest BCUT2D eigenvalue weighted by molar-refractivity contribution is 0.0124. The highest BCUT2D eigenvalue weighted by atomic mass is 127. The molecule has 0 radical (unpaired) electrons. The van der Waals surface area contributed by atoms with Crippen LogP contribution in [-0.2, 0) is 11.2 Å². The largest absolute Gasteiger partial charge is 0.465 e. The van der Waals surface area contributed by atoms with Crippen LogP contribution >= 0.6 is 35.3 Å². The molecule has 6 nitrogen and oxygen atoms in total. The van der Waals surface area contributed by atoms with E-state index >= 15 is 0 Å². The van der Waals surface area contributed by atoms with Crippen molar-refractivity contribution in [3.63, 3.8) is 0 Å². The van der Waals surface area contributed by atoms with E-state index in [9.17, 15) is 0 Å². The number of nitrogens with one attached hydrogen (secondary N) is 2. The highest BCUT2D eigenvalue weighted by Gasteiger charge is 2.25. The molecule has 0 bridgehead atoms. The van der Waals surface area contributed by atoms with Crippen molar-refractivity contribution < 1.29 is 9.15 Å². The Bertz CT molecular complexity index is 770. The number of nitrogens with zero attached hydrogens (tertiary/aromatic N) is 2. The topological polar surface area (TPSA) is 62.0 Å². The molecule has 3 rings (SSSR count). The molecule has 1 aliphatic heterocycles. The second-order valence-corrected chi connectivity index (χ2v) is 8.70. The molecule has 3 heterocycles. The molecule has 2 N–H and O–H groups in total. The predicted molar refractivity (Wildman–Crippen MR) is 131 cm³/mol. The minimum Gasteiger partial charge on any atom is -0.465 e. The van der Waals surface area contributed by atoms with E-state index in [1.807, 2.05) is 31.4 Å². The molecule has 0 saturated carbocycles. The Balaban J connectivity index is 0.00000300. The Labute approximate surface area is 195 Å². The molecule has 162 valence electrons. The van der Waals surface area contributed by atoms with Gasteiger partial charge in [0.15, 0.2) is 5.96 Å². The number of guanidine groups is 1. The van der Waals surface area contributed by atoms with E-state index < -0.39 is 0 Å². The summed E-state index contributed by atoms with van der Waals surface area (Å²) < 4.78 is 11.5. The fraction of sp³-hybridized carbons (Fsp3) is 0.571. The lowest BCUT2D eigenvalue weighted by atomic mass is 10.1. The number of halogens is 1. The summed E-state index contributed by atoms with van der Waals surface area (Å²) in [5.74, 6) is 2.75. The minimum atomic E-state index is 0. The molecule has 0 aromatic carbocycles. The number of furan rings is 1. The number of rotatable bonds is 7. The number of aryl methyl sites for hydroxylation is 2. The van der Waals surface area contributed by atoms with Crippen molar-refractivity contribution in [2.24, 2.45) is 4.99 Å². The van der Waals surface area contributed by atoms with Crippen LogP contribution in [0.25, 0.3) is 0 Å². The molecule has 0 spiro atoms. The van der Waals surface area contributed by atoms with Crippen molar-refractivity contribution in [1.29, 1.82) is 0 Å². The summed E-state index contributed by atoms with van der Waals surface area (Å²) >= 11 is 1.86.